The lowest BCUT2D eigenvalue weighted by molar-refractivity contribution is 0.474. The van der Waals surface area contributed by atoms with Crippen LogP contribution in [0.1, 0.15) is 5.56 Å². The number of nitrogens with zero attached hydrogens (tertiary/aromatic N) is 1. The van der Waals surface area contributed by atoms with Crippen molar-refractivity contribution in [3.63, 3.8) is 0 Å². The van der Waals surface area contributed by atoms with Gasteiger partial charge in [-0.3, -0.25) is 14.1 Å². The quantitative estimate of drug-likeness (QED) is 0.446. The number of hydrogen-bond donors (Lipinski definition) is 3. The highest BCUT2D eigenvalue weighted by atomic mass is 32.2. The molecule has 3 aromatic carbocycles. The van der Waals surface area contributed by atoms with Crippen molar-refractivity contribution in [1.29, 1.82) is 0 Å². The molecule has 0 spiro atoms. The Morgan fingerprint density at radius 3 is 2.15 bits per heavy atom. The first-order chi connectivity index (χ1) is 12.6. The molecule has 3 aromatic rings. The first-order valence-electron chi connectivity index (χ1n) is 7.41. The minimum atomic E-state index is -4.68. The standard InChI is InChI=1S/C17H13NO7S2/c19-15-4-2-1-3-12(15)10-18-17-14-9-13(26(20,21)22)7-5-11(14)6-8-16(17)27(23,24)25/h1-10,19H,(H,20,21,22)(H,23,24,25). The summed E-state index contributed by atoms with van der Waals surface area (Å²) in [6.07, 6.45) is 1.18. The van der Waals surface area contributed by atoms with Crippen molar-refractivity contribution in [3.8, 4) is 5.75 Å². The molecule has 3 N–H and O–H groups in total. The average Bonchev–Trinajstić information content (AvgIpc) is 2.58. The van der Waals surface area contributed by atoms with Gasteiger partial charge in [-0.05, 0) is 35.7 Å². The Kier molecular flexibility index (Phi) is 4.74. The van der Waals surface area contributed by atoms with Gasteiger partial charge in [-0.15, -0.1) is 0 Å². The number of aromatic hydroxyl groups is 1. The van der Waals surface area contributed by atoms with Crippen LogP contribution in [0.25, 0.3) is 10.8 Å². The summed E-state index contributed by atoms with van der Waals surface area (Å²) in [6.45, 7) is 0. The summed E-state index contributed by atoms with van der Waals surface area (Å²) in [5.41, 5.74) is 0.0467. The molecule has 27 heavy (non-hydrogen) atoms. The van der Waals surface area contributed by atoms with Crippen LogP contribution in [0, 0.1) is 0 Å². The summed E-state index contributed by atoms with van der Waals surface area (Å²) in [7, 11) is -9.21. The molecule has 0 amide bonds. The molecule has 0 saturated heterocycles. The number of hydrogen-bond acceptors (Lipinski definition) is 6. The maximum absolute atomic E-state index is 11.7. The number of aliphatic imine (C=N–C) groups is 1. The number of rotatable bonds is 4. The van der Waals surface area contributed by atoms with Gasteiger partial charge in [0.1, 0.15) is 10.6 Å². The molecular formula is C17H13NO7S2. The monoisotopic (exact) mass is 407 g/mol. The molecule has 0 unspecified atom stereocenters. The van der Waals surface area contributed by atoms with Crippen LogP contribution in [-0.4, -0.2) is 37.3 Å². The van der Waals surface area contributed by atoms with Gasteiger partial charge in [0.15, 0.2) is 0 Å². The Labute approximate surface area is 154 Å². The van der Waals surface area contributed by atoms with Crippen LogP contribution >= 0.6 is 0 Å². The van der Waals surface area contributed by atoms with Crippen molar-refractivity contribution >= 4 is 42.9 Å². The Hall–Kier alpha value is -2.79. The SMILES string of the molecule is O=S(=O)(O)c1ccc2ccc(S(=O)(=O)O)c(N=Cc3ccccc3O)c2c1. The fraction of sp³-hybridized carbons (Fsp3) is 0. The van der Waals surface area contributed by atoms with Crippen molar-refractivity contribution in [1.82, 2.24) is 0 Å². The average molecular weight is 407 g/mol. The summed E-state index contributed by atoms with van der Waals surface area (Å²) in [4.78, 5) is 3.05. The van der Waals surface area contributed by atoms with Gasteiger partial charge < -0.3 is 5.11 Å². The van der Waals surface area contributed by atoms with Crippen molar-refractivity contribution < 1.29 is 31.0 Å². The first-order valence-corrected chi connectivity index (χ1v) is 10.3. The van der Waals surface area contributed by atoms with Crippen LogP contribution in [0.4, 0.5) is 5.69 Å². The van der Waals surface area contributed by atoms with Crippen molar-refractivity contribution in [2.45, 2.75) is 9.79 Å². The summed E-state index contributed by atoms with van der Waals surface area (Å²) >= 11 is 0. The lowest BCUT2D eigenvalue weighted by Crippen LogP contribution is -2.01. The molecule has 0 fully saturated rings. The van der Waals surface area contributed by atoms with E-state index in [2.05, 4.69) is 4.99 Å². The van der Waals surface area contributed by atoms with Crippen LogP contribution in [0.5, 0.6) is 5.75 Å². The van der Waals surface area contributed by atoms with Gasteiger partial charge >= 0.3 is 0 Å². The van der Waals surface area contributed by atoms with Gasteiger partial charge in [-0.1, -0.05) is 24.3 Å². The van der Waals surface area contributed by atoms with Crippen LogP contribution in [-0.2, 0) is 20.2 Å². The summed E-state index contributed by atoms with van der Waals surface area (Å²) in [5, 5.41) is 10.3. The summed E-state index contributed by atoms with van der Waals surface area (Å²) in [6, 6.07) is 12.2. The van der Waals surface area contributed by atoms with E-state index in [9.17, 15) is 31.0 Å². The fourth-order valence-electron chi connectivity index (χ4n) is 2.50. The molecule has 0 heterocycles. The zero-order valence-electron chi connectivity index (χ0n) is 13.5. The van der Waals surface area contributed by atoms with E-state index < -0.39 is 30.0 Å². The third-order valence-electron chi connectivity index (χ3n) is 3.77. The number of benzene rings is 3. The lowest BCUT2D eigenvalue weighted by Gasteiger charge is -2.09. The van der Waals surface area contributed by atoms with E-state index in [0.717, 1.165) is 18.2 Å². The highest BCUT2D eigenvalue weighted by Crippen LogP contribution is 2.35. The Morgan fingerprint density at radius 1 is 0.852 bits per heavy atom. The molecule has 3 rings (SSSR count). The van der Waals surface area contributed by atoms with E-state index in [-0.39, 0.29) is 22.4 Å². The molecule has 0 radical (unpaired) electrons. The highest BCUT2D eigenvalue weighted by Gasteiger charge is 2.19. The zero-order chi connectivity index (χ0) is 19.8. The van der Waals surface area contributed by atoms with Crippen LogP contribution in [0.15, 0.2) is 69.4 Å². The number of fused-ring (bicyclic) bond motifs is 1. The molecule has 0 aliphatic carbocycles. The maximum atomic E-state index is 11.7. The van der Waals surface area contributed by atoms with Crippen LogP contribution in [0.3, 0.4) is 0 Å². The van der Waals surface area contributed by atoms with E-state index in [1.54, 1.807) is 12.1 Å². The Morgan fingerprint density at radius 2 is 1.52 bits per heavy atom. The third-order valence-corrected chi connectivity index (χ3v) is 5.51. The largest absolute Gasteiger partial charge is 0.507 e. The van der Waals surface area contributed by atoms with Gasteiger partial charge in [0.05, 0.1) is 10.6 Å². The van der Waals surface area contributed by atoms with Gasteiger partial charge in [0.2, 0.25) is 0 Å². The van der Waals surface area contributed by atoms with Gasteiger partial charge in [0, 0.05) is 17.2 Å². The Balaban J connectivity index is 2.33. The van der Waals surface area contributed by atoms with E-state index in [1.165, 1.54) is 30.5 Å². The van der Waals surface area contributed by atoms with Crippen molar-refractivity contribution in [3.05, 3.63) is 60.2 Å². The lowest BCUT2D eigenvalue weighted by atomic mass is 10.1. The molecule has 0 aromatic heterocycles. The van der Waals surface area contributed by atoms with E-state index in [1.807, 2.05) is 0 Å². The van der Waals surface area contributed by atoms with E-state index in [0.29, 0.717) is 5.39 Å². The normalized spacial score (nSPS) is 12.7. The second kappa shape index (κ2) is 6.74. The third kappa shape index (κ3) is 3.98. The first kappa shape index (κ1) is 19.0. The predicted molar refractivity (Wildman–Crippen MR) is 98.9 cm³/mol. The zero-order valence-corrected chi connectivity index (χ0v) is 15.1. The molecule has 0 bridgehead atoms. The van der Waals surface area contributed by atoms with E-state index in [4.69, 9.17) is 0 Å². The minimum Gasteiger partial charge on any atom is -0.507 e. The highest BCUT2D eigenvalue weighted by molar-refractivity contribution is 7.86. The van der Waals surface area contributed by atoms with Gasteiger partial charge in [-0.2, -0.15) is 16.8 Å². The second-order valence-electron chi connectivity index (χ2n) is 5.56. The smallest absolute Gasteiger partial charge is 0.296 e. The predicted octanol–water partition coefficient (Wildman–Crippen LogP) is 2.79. The van der Waals surface area contributed by atoms with Crippen LogP contribution in [0.2, 0.25) is 0 Å². The number of phenols is 1. The van der Waals surface area contributed by atoms with Gasteiger partial charge in [0.25, 0.3) is 20.2 Å². The second-order valence-corrected chi connectivity index (χ2v) is 8.37. The van der Waals surface area contributed by atoms with Crippen LogP contribution < -0.4 is 0 Å². The van der Waals surface area contributed by atoms with Gasteiger partial charge in [-0.25, -0.2) is 0 Å². The molecule has 10 heteroatoms. The molecule has 0 aliphatic heterocycles. The summed E-state index contributed by atoms with van der Waals surface area (Å²) in [5.74, 6) is -0.103. The topological polar surface area (TPSA) is 141 Å². The Bertz CT molecular complexity index is 1270. The molecule has 8 nitrogen and oxygen atoms in total. The summed E-state index contributed by atoms with van der Waals surface area (Å²) < 4.78 is 65.0. The number of para-hydroxylation sites is 1. The fourth-order valence-corrected chi connectivity index (χ4v) is 3.65. The minimum absolute atomic E-state index is 0.0759. The molecule has 0 aliphatic rings. The molecular weight excluding hydrogens is 394 g/mol. The van der Waals surface area contributed by atoms with Crippen molar-refractivity contribution in [2.24, 2.45) is 4.99 Å². The molecule has 0 saturated carbocycles. The molecule has 0 atom stereocenters. The van der Waals surface area contributed by atoms with Crippen molar-refractivity contribution in [2.75, 3.05) is 0 Å². The maximum Gasteiger partial charge on any atom is 0.296 e. The molecule has 140 valence electrons. The van der Waals surface area contributed by atoms with E-state index >= 15 is 0 Å². The number of phenolic OH excluding ortho intramolecular Hbond substituents is 1.